The van der Waals surface area contributed by atoms with Crippen molar-refractivity contribution in [3.63, 3.8) is 0 Å². The van der Waals surface area contributed by atoms with E-state index in [1.54, 1.807) is 11.3 Å². The Labute approximate surface area is 113 Å². The van der Waals surface area contributed by atoms with Crippen LogP contribution in [0.3, 0.4) is 0 Å². The van der Waals surface area contributed by atoms with Gasteiger partial charge in [-0.25, -0.2) is 0 Å². The van der Waals surface area contributed by atoms with Gasteiger partial charge in [0.15, 0.2) is 0 Å². The molecule has 1 aromatic heterocycles. The van der Waals surface area contributed by atoms with Crippen molar-refractivity contribution in [2.75, 3.05) is 20.1 Å². The number of rotatable bonds is 8. The van der Waals surface area contributed by atoms with E-state index < -0.39 is 11.4 Å². The molecule has 3 nitrogen and oxygen atoms in total. The van der Waals surface area contributed by atoms with Gasteiger partial charge >= 0.3 is 5.97 Å². The molecule has 0 aliphatic heterocycles. The topological polar surface area (TPSA) is 40.5 Å². The molecule has 4 heteroatoms. The molecule has 0 spiro atoms. The summed E-state index contributed by atoms with van der Waals surface area (Å²) in [7, 11) is 2.01. The molecule has 0 amide bonds. The van der Waals surface area contributed by atoms with Crippen molar-refractivity contribution < 1.29 is 9.90 Å². The first-order valence-corrected chi connectivity index (χ1v) is 7.36. The maximum absolute atomic E-state index is 11.4. The quantitative estimate of drug-likeness (QED) is 0.788. The summed E-state index contributed by atoms with van der Waals surface area (Å²) in [5.41, 5.74) is -0.593. The van der Waals surface area contributed by atoms with Crippen LogP contribution in [0.15, 0.2) is 17.5 Å². The standard InChI is InChI=1S/C14H23NO2S/c1-4-14(5-2,13(16)17)11-15(3)9-8-12-7-6-10-18-12/h6-7,10H,4-5,8-9,11H2,1-3H3,(H,16,17). The highest BCUT2D eigenvalue weighted by Crippen LogP contribution is 2.27. The summed E-state index contributed by atoms with van der Waals surface area (Å²) in [6, 6.07) is 4.18. The molecule has 0 bridgehead atoms. The Morgan fingerprint density at radius 3 is 2.56 bits per heavy atom. The molecule has 1 heterocycles. The lowest BCUT2D eigenvalue weighted by atomic mass is 9.82. The van der Waals surface area contributed by atoms with Crippen molar-refractivity contribution >= 4 is 17.3 Å². The molecule has 0 aliphatic rings. The highest BCUT2D eigenvalue weighted by molar-refractivity contribution is 7.09. The van der Waals surface area contributed by atoms with Crippen molar-refractivity contribution in [2.45, 2.75) is 33.1 Å². The SMILES string of the molecule is CCC(CC)(CN(C)CCc1cccs1)C(=O)O. The van der Waals surface area contributed by atoms with E-state index in [9.17, 15) is 9.90 Å². The van der Waals surface area contributed by atoms with Gasteiger partial charge in [-0.3, -0.25) is 4.79 Å². The molecular weight excluding hydrogens is 246 g/mol. The van der Waals surface area contributed by atoms with Crippen molar-refractivity contribution in [1.29, 1.82) is 0 Å². The summed E-state index contributed by atoms with van der Waals surface area (Å²) in [6.45, 7) is 5.46. The van der Waals surface area contributed by atoms with E-state index in [0.29, 0.717) is 19.4 Å². The molecule has 0 aliphatic carbocycles. The smallest absolute Gasteiger partial charge is 0.310 e. The Bertz CT molecular complexity index is 358. The zero-order chi connectivity index (χ0) is 13.6. The third kappa shape index (κ3) is 3.82. The van der Waals surface area contributed by atoms with Crippen molar-refractivity contribution in [1.82, 2.24) is 4.90 Å². The minimum atomic E-state index is -0.671. The number of hydrogen-bond acceptors (Lipinski definition) is 3. The lowest BCUT2D eigenvalue weighted by Crippen LogP contribution is -2.41. The zero-order valence-electron chi connectivity index (χ0n) is 11.5. The van der Waals surface area contributed by atoms with Crippen LogP contribution in [-0.4, -0.2) is 36.1 Å². The second kappa shape index (κ2) is 6.90. The molecule has 18 heavy (non-hydrogen) atoms. The molecule has 0 radical (unpaired) electrons. The average molecular weight is 269 g/mol. The molecule has 1 aromatic rings. The fourth-order valence-electron chi connectivity index (χ4n) is 2.20. The summed E-state index contributed by atoms with van der Waals surface area (Å²) in [5, 5.41) is 11.5. The van der Waals surface area contributed by atoms with E-state index in [4.69, 9.17) is 0 Å². The number of aliphatic carboxylic acids is 1. The zero-order valence-corrected chi connectivity index (χ0v) is 12.3. The summed E-state index contributed by atoms with van der Waals surface area (Å²) < 4.78 is 0. The predicted octanol–water partition coefficient (Wildman–Crippen LogP) is 3.11. The number of carboxylic acids is 1. The summed E-state index contributed by atoms with van der Waals surface area (Å²) >= 11 is 1.76. The minimum absolute atomic E-state index is 0.593. The van der Waals surface area contributed by atoms with Crippen LogP contribution in [-0.2, 0) is 11.2 Å². The predicted molar refractivity (Wildman–Crippen MR) is 76.2 cm³/mol. The van der Waals surface area contributed by atoms with Gasteiger partial charge in [0.25, 0.3) is 0 Å². The molecule has 102 valence electrons. The Hall–Kier alpha value is -0.870. The van der Waals surface area contributed by atoms with E-state index in [1.165, 1.54) is 4.88 Å². The van der Waals surface area contributed by atoms with Crippen LogP contribution >= 0.6 is 11.3 Å². The summed E-state index contributed by atoms with van der Waals surface area (Å²) in [4.78, 5) is 14.9. The Morgan fingerprint density at radius 2 is 2.11 bits per heavy atom. The van der Waals surface area contributed by atoms with Gasteiger partial charge in [0.2, 0.25) is 0 Å². The number of carbonyl (C=O) groups is 1. The first-order chi connectivity index (χ1) is 8.54. The van der Waals surface area contributed by atoms with Crippen LogP contribution < -0.4 is 0 Å². The second-order valence-electron chi connectivity index (χ2n) is 4.86. The van der Waals surface area contributed by atoms with Crippen LogP contribution in [0.5, 0.6) is 0 Å². The lowest BCUT2D eigenvalue weighted by Gasteiger charge is -2.31. The van der Waals surface area contributed by atoms with E-state index in [-0.39, 0.29) is 0 Å². The molecule has 0 fully saturated rings. The highest BCUT2D eigenvalue weighted by atomic mass is 32.1. The molecule has 0 saturated carbocycles. The number of thiophene rings is 1. The summed E-state index contributed by atoms with van der Waals surface area (Å²) in [5.74, 6) is -0.671. The Kier molecular flexibility index (Phi) is 5.82. The molecular formula is C14H23NO2S. The van der Waals surface area contributed by atoms with Gasteiger partial charge in [-0.05, 0) is 37.8 Å². The van der Waals surface area contributed by atoms with Crippen LogP contribution in [0.25, 0.3) is 0 Å². The summed E-state index contributed by atoms with van der Waals surface area (Å²) in [6.07, 6.45) is 2.36. The van der Waals surface area contributed by atoms with E-state index in [2.05, 4.69) is 22.4 Å². The van der Waals surface area contributed by atoms with Crippen LogP contribution in [0.2, 0.25) is 0 Å². The number of likely N-dealkylation sites (N-methyl/N-ethyl adjacent to an activating group) is 1. The van der Waals surface area contributed by atoms with E-state index >= 15 is 0 Å². The normalized spacial score (nSPS) is 12.0. The number of hydrogen-bond donors (Lipinski definition) is 1. The Morgan fingerprint density at radius 1 is 1.44 bits per heavy atom. The maximum Gasteiger partial charge on any atom is 0.310 e. The maximum atomic E-state index is 11.4. The molecule has 0 saturated heterocycles. The van der Waals surface area contributed by atoms with E-state index in [0.717, 1.165) is 13.0 Å². The van der Waals surface area contributed by atoms with E-state index in [1.807, 2.05) is 20.9 Å². The fourth-order valence-corrected chi connectivity index (χ4v) is 2.89. The molecule has 1 N–H and O–H groups in total. The molecule has 1 rings (SSSR count). The monoisotopic (exact) mass is 269 g/mol. The number of carboxylic acid groups (broad SMARTS) is 1. The first kappa shape index (κ1) is 15.2. The second-order valence-corrected chi connectivity index (χ2v) is 5.89. The van der Waals surface area contributed by atoms with Gasteiger partial charge in [-0.1, -0.05) is 19.9 Å². The van der Waals surface area contributed by atoms with Gasteiger partial charge < -0.3 is 10.0 Å². The van der Waals surface area contributed by atoms with Gasteiger partial charge in [-0.15, -0.1) is 11.3 Å². The highest BCUT2D eigenvalue weighted by Gasteiger charge is 2.35. The van der Waals surface area contributed by atoms with Gasteiger partial charge in [0.1, 0.15) is 0 Å². The average Bonchev–Trinajstić information content (AvgIpc) is 2.86. The lowest BCUT2D eigenvalue weighted by molar-refractivity contribution is -0.150. The van der Waals surface area contributed by atoms with Crippen LogP contribution in [0.1, 0.15) is 31.6 Å². The molecule has 0 unspecified atom stereocenters. The van der Waals surface area contributed by atoms with Crippen molar-refractivity contribution in [3.05, 3.63) is 22.4 Å². The van der Waals surface area contributed by atoms with Crippen LogP contribution in [0.4, 0.5) is 0 Å². The van der Waals surface area contributed by atoms with Crippen molar-refractivity contribution in [3.8, 4) is 0 Å². The van der Waals surface area contributed by atoms with Crippen LogP contribution in [0, 0.1) is 5.41 Å². The van der Waals surface area contributed by atoms with Gasteiger partial charge in [0.05, 0.1) is 5.41 Å². The van der Waals surface area contributed by atoms with Crippen molar-refractivity contribution in [2.24, 2.45) is 5.41 Å². The fraction of sp³-hybridized carbons (Fsp3) is 0.643. The third-order valence-electron chi connectivity index (χ3n) is 3.70. The number of nitrogens with zero attached hydrogens (tertiary/aromatic N) is 1. The molecule has 0 atom stereocenters. The first-order valence-electron chi connectivity index (χ1n) is 6.48. The van der Waals surface area contributed by atoms with Gasteiger partial charge in [0, 0.05) is 18.0 Å². The largest absolute Gasteiger partial charge is 0.481 e. The molecule has 0 aromatic carbocycles. The Balaban J connectivity index is 2.51. The third-order valence-corrected chi connectivity index (χ3v) is 4.64. The van der Waals surface area contributed by atoms with Gasteiger partial charge in [-0.2, -0.15) is 0 Å². The minimum Gasteiger partial charge on any atom is -0.481 e.